The summed E-state index contributed by atoms with van der Waals surface area (Å²) in [6, 6.07) is 0. The third kappa shape index (κ3) is 3.52. The molecule has 1 aliphatic rings. The van der Waals surface area contributed by atoms with E-state index in [1.54, 1.807) is 7.11 Å². The van der Waals surface area contributed by atoms with Crippen molar-refractivity contribution in [2.75, 3.05) is 40.0 Å². The summed E-state index contributed by atoms with van der Waals surface area (Å²) in [5.41, 5.74) is 0. The van der Waals surface area contributed by atoms with Gasteiger partial charge in [-0.05, 0) is 13.3 Å². The van der Waals surface area contributed by atoms with E-state index in [0.717, 1.165) is 39.3 Å². The third-order valence-electron chi connectivity index (χ3n) is 2.36. The van der Waals surface area contributed by atoms with E-state index in [0.29, 0.717) is 6.10 Å². The van der Waals surface area contributed by atoms with E-state index in [1.807, 2.05) is 0 Å². The zero-order valence-corrected chi connectivity index (χ0v) is 8.08. The maximum Gasteiger partial charge on any atom is 0.0594 e. The first-order valence-corrected chi connectivity index (χ1v) is 4.66. The van der Waals surface area contributed by atoms with E-state index in [1.165, 1.54) is 0 Å². The molecule has 12 heavy (non-hydrogen) atoms. The molecule has 1 aliphatic heterocycles. The van der Waals surface area contributed by atoms with Gasteiger partial charge in [-0.15, -0.1) is 0 Å². The van der Waals surface area contributed by atoms with E-state index in [-0.39, 0.29) is 0 Å². The van der Waals surface area contributed by atoms with Crippen molar-refractivity contribution in [3.8, 4) is 0 Å². The van der Waals surface area contributed by atoms with Gasteiger partial charge in [0.1, 0.15) is 0 Å². The first-order valence-electron chi connectivity index (χ1n) is 4.66. The second-order valence-corrected chi connectivity index (χ2v) is 3.29. The molecule has 1 atom stereocenters. The fourth-order valence-electron chi connectivity index (χ4n) is 1.31. The highest BCUT2D eigenvalue weighted by atomic mass is 16.5. The Kier molecular flexibility index (Phi) is 4.58. The van der Waals surface area contributed by atoms with Crippen LogP contribution >= 0.6 is 0 Å². The van der Waals surface area contributed by atoms with Crippen molar-refractivity contribution in [1.82, 2.24) is 4.90 Å². The van der Waals surface area contributed by atoms with E-state index >= 15 is 0 Å². The second kappa shape index (κ2) is 5.51. The predicted octanol–water partition coefficient (Wildman–Crippen LogP) is 0.744. The molecule has 1 saturated heterocycles. The second-order valence-electron chi connectivity index (χ2n) is 3.29. The molecule has 3 heteroatoms. The van der Waals surface area contributed by atoms with Crippen LogP contribution in [0.2, 0.25) is 0 Å². The van der Waals surface area contributed by atoms with Gasteiger partial charge in [0.05, 0.1) is 19.3 Å². The molecule has 0 saturated carbocycles. The van der Waals surface area contributed by atoms with Gasteiger partial charge in [0.25, 0.3) is 0 Å². The molecule has 0 bridgehead atoms. The highest BCUT2D eigenvalue weighted by Crippen LogP contribution is 2.01. The van der Waals surface area contributed by atoms with Crippen LogP contribution in [0.1, 0.15) is 13.3 Å². The quantitative estimate of drug-likeness (QED) is 0.626. The molecule has 3 nitrogen and oxygen atoms in total. The van der Waals surface area contributed by atoms with Gasteiger partial charge in [-0.2, -0.15) is 0 Å². The fourth-order valence-corrected chi connectivity index (χ4v) is 1.31. The molecule has 1 fully saturated rings. The Morgan fingerprint density at radius 1 is 1.42 bits per heavy atom. The van der Waals surface area contributed by atoms with E-state index in [4.69, 9.17) is 9.47 Å². The zero-order valence-electron chi connectivity index (χ0n) is 8.08. The summed E-state index contributed by atoms with van der Waals surface area (Å²) in [5.74, 6) is 0. The average molecular weight is 173 g/mol. The largest absolute Gasteiger partial charge is 0.382 e. The Bertz CT molecular complexity index is 113. The summed E-state index contributed by atoms with van der Waals surface area (Å²) in [6.07, 6.45) is 1.50. The van der Waals surface area contributed by atoms with Crippen LogP contribution < -0.4 is 0 Å². The van der Waals surface area contributed by atoms with Gasteiger partial charge in [0.15, 0.2) is 0 Å². The molecule has 1 rings (SSSR count). The molecule has 0 aliphatic carbocycles. The van der Waals surface area contributed by atoms with Gasteiger partial charge in [-0.3, -0.25) is 4.90 Å². The van der Waals surface area contributed by atoms with Crippen molar-refractivity contribution in [3.63, 3.8) is 0 Å². The van der Waals surface area contributed by atoms with Crippen molar-refractivity contribution in [2.45, 2.75) is 19.4 Å². The van der Waals surface area contributed by atoms with Crippen LogP contribution in [0.4, 0.5) is 0 Å². The van der Waals surface area contributed by atoms with Crippen molar-refractivity contribution in [3.05, 3.63) is 0 Å². The minimum absolute atomic E-state index is 0.382. The average Bonchev–Trinajstić information content (AvgIpc) is 2.16. The first-order chi connectivity index (χ1) is 5.83. The Balaban J connectivity index is 2.05. The van der Waals surface area contributed by atoms with Gasteiger partial charge >= 0.3 is 0 Å². The number of ether oxygens (including phenoxy) is 2. The lowest BCUT2D eigenvalue weighted by atomic mass is 10.2. The molecular weight excluding hydrogens is 154 g/mol. The fraction of sp³-hybridized carbons (Fsp3) is 1.00. The van der Waals surface area contributed by atoms with Crippen molar-refractivity contribution >= 4 is 0 Å². The highest BCUT2D eigenvalue weighted by Gasteiger charge is 2.10. The zero-order chi connectivity index (χ0) is 8.81. The lowest BCUT2D eigenvalue weighted by Gasteiger charge is -2.27. The Labute approximate surface area is 74.6 Å². The van der Waals surface area contributed by atoms with E-state index in [9.17, 15) is 0 Å². The normalized spacial score (nSPS) is 22.5. The highest BCUT2D eigenvalue weighted by molar-refractivity contribution is 4.63. The lowest BCUT2D eigenvalue weighted by Crippen LogP contribution is -2.37. The molecule has 0 aromatic heterocycles. The molecule has 1 unspecified atom stereocenters. The van der Waals surface area contributed by atoms with E-state index < -0.39 is 0 Å². The summed E-state index contributed by atoms with van der Waals surface area (Å²) in [5, 5.41) is 0. The van der Waals surface area contributed by atoms with Crippen LogP contribution in [0.15, 0.2) is 0 Å². The molecule has 0 radical (unpaired) electrons. The topological polar surface area (TPSA) is 21.7 Å². The first kappa shape index (κ1) is 9.96. The smallest absolute Gasteiger partial charge is 0.0594 e. The molecule has 0 aromatic rings. The molecule has 0 N–H and O–H groups in total. The standard InChI is InChI=1S/C9H19NO2/c1-9(11-2)3-4-10-5-7-12-8-6-10/h9H,3-8H2,1-2H3. The maximum atomic E-state index is 5.26. The number of nitrogens with zero attached hydrogens (tertiary/aromatic N) is 1. The molecule has 1 heterocycles. The number of hydrogen-bond acceptors (Lipinski definition) is 3. The molecular formula is C9H19NO2. The maximum absolute atomic E-state index is 5.26. The third-order valence-corrected chi connectivity index (χ3v) is 2.36. The molecule has 0 aromatic carbocycles. The predicted molar refractivity (Wildman–Crippen MR) is 48.3 cm³/mol. The number of hydrogen-bond donors (Lipinski definition) is 0. The minimum Gasteiger partial charge on any atom is -0.382 e. The summed E-state index contributed by atoms with van der Waals surface area (Å²) in [6.45, 7) is 7.19. The summed E-state index contributed by atoms with van der Waals surface area (Å²) >= 11 is 0. The minimum atomic E-state index is 0.382. The van der Waals surface area contributed by atoms with Crippen LogP contribution in [-0.2, 0) is 9.47 Å². The number of methoxy groups -OCH3 is 1. The van der Waals surface area contributed by atoms with Gasteiger partial charge in [-0.1, -0.05) is 0 Å². The monoisotopic (exact) mass is 173 g/mol. The summed E-state index contributed by atoms with van der Waals surface area (Å²) in [7, 11) is 1.77. The van der Waals surface area contributed by atoms with Gasteiger partial charge in [-0.25, -0.2) is 0 Å². The van der Waals surface area contributed by atoms with Crippen molar-refractivity contribution in [2.24, 2.45) is 0 Å². The summed E-state index contributed by atoms with van der Waals surface area (Å²) in [4.78, 5) is 2.43. The van der Waals surface area contributed by atoms with Crippen LogP contribution in [0.5, 0.6) is 0 Å². The van der Waals surface area contributed by atoms with Crippen molar-refractivity contribution < 1.29 is 9.47 Å². The van der Waals surface area contributed by atoms with Crippen LogP contribution in [0, 0.1) is 0 Å². The molecule has 0 spiro atoms. The van der Waals surface area contributed by atoms with Crippen molar-refractivity contribution in [1.29, 1.82) is 0 Å². The summed E-state index contributed by atoms with van der Waals surface area (Å²) < 4.78 is 10.4. The Morgan fingerprint density at radius 3 is 2.67 bits per heavy atom. The van der Waals surface area contributed by atoms with E-state index in [2.05, 4.69) is 11.8 Å². The Hall–Kier alpha value is -0.120. The van der Waals surface area contributed by atoms with Crippen LogP contribution in [-0.4, -0.2) is 51.0 Å². The lowest BCUT2D eigenvalue weighted by molar-refractivity contribution is 0.0269. The Morgan fingerprint density at radius 2 is 2.08 bits per heavy atom. The van der Waals surface area contributed by atoms with Crippen LogP contribution in [0.25, 0.3) is 0 Å². The SMILES string of the molecule is COC(C)CCN1CCOCC1. The van der Waals surface area contributed by atoms with Gasteiger partial charge in [0.2, 0.25) is 0 Å². The number of rotatable bonds is 4. The molecule has 72 valence electrons. The van der Waals surface area contributed by atoms with Crippen LogP contribution in [0.3, 0.4) is 0 Å². The van der Waals surface area contributed by atoms with Gasteiger partial charge < -0.3 is 9.47 Å². The number of morpholine rings is 1. The molecule has 0 amide bonds. The van der Waals surface area contributed by atoms with Gasteiger partial charge in [0, 0.05) is 26.7 Å².